The summed E-state index contributed by atoms with van der Waals surface area (Å²) >= 11 is 0. The summed E-state index contributed by atoms with van der Waals surface area (Å²) in [6.07, 6.45) is 1.68. The summed E-state index contributed by atoms with van der Waals surface area (Å²) in [7, 11) is 1.55. The molecule has 0 aromatic carbocycles. The highest BCUT2D eigenvalue weighted by Gasteiger charge is 2.36. The van der Waals surface area contributed by atoms with Crippen LogP contribution in [0, 0.1) is 5.41 Å². The van der Waals surface area contributed by atoms with Crippen LogP contribution < -0.4 is 5.32 Å². The fourth-order valence-electron chi connectivity index (χ4n) is 1.21. The van der Waals surface area contributed by atoms with Crippen LogP contribution in [0.25, 0.3) is 0 Å². The number of aliphatic carboxylic acids is 1. The van der Waals surface area contributed by atoms with Gasteiger partial charge in [-0.1, -0.05) is 13.3 Å². The van der Waals surface area contributed by atoms with Crippen LogP contribution >= 0.6 is 0 Å². The summed E-state index contributed by atoms with van der Waals surface area (Å²) in [5, 5.41) is 11.6. The van der Waals surface area contributed by atoms with Crippen LogP contribution in [0.4, 0.5) is 0 Å². The quantitative estimate of drug-likeness (QED) is 0.642. The number of methoxy groups -OCH3 is 1. The molecule has 0 aliphatic carbocycles. The third-order valence-corrected chi connectivity index (χ3v) is 2.44. The van der Waals surface area contributed by atoms with Crippen LogP contribution in [-0.2, 0) is 14.3 Å². The summed E-state index contributed by atoms with van der Waals surface area (Å²) < 4.78 is 4.97. The van der Waals surface area contributed by atoms with Crippen molar-refractivity contribution in [3.63, 3.8) is 0 Å². The summed E-state index contributed by atoms with van der Waals surface area (Å²) in [4.78, 5) is 22.6. The summed E-state index contributed by atoms with van der Waals surface area (Å²) in [5.41, 5.74) is -1.40. The molecule has 1 amide bonds. The molecule has 16 heavy (non-hydrogen) atoms. The first-order valence-corrected chi connectivity index (χ1v) is 5.39. The van der Waals surface area contributed by atoms with Gasteiger partial charge in [0.15, 0.2) is 0 Å². The average Bonchev–Trinajstić information content (AvgIpc) is 2.18. The van der Waals surface area contributed by atoms with Gasteiger partial charge in [-0.25, -0.2) is 0 Å². The third kappa shape index (κ3) is 4.18. The summed E-state index contributed by atoms with van der Waals surface area (Å²) in [6, 6.07) is -0.124. The lowest BCUT2D eigenvalue weighted by Crippen LogP contribution is -2.48. The number of hydrogen-bond donors (Lipinski definition) is 2. The van der Waals surface area contributed by atoms with Gasteiger partial charge in [-0.15, -0.1) is 0 Å². The van der Waals surface area contributed by atoms with E-state index in [4.69, 9.17) is 9.84 Å². The van der Waals surface area contributed by atoms with Crippen molar-refractivity contribution < 1.29 is 19.4 Å². The predicted molar refractivity (Wildman–Crippen MR) is 60.1 cm³/mol. The monoisotopic (exact) mass is 231 g/mol. The Morgan fingerprint density at radius 1 is 1.44 bits per heavy atom. The molecule has 94 valence electrons. The van der Waals surface area contributed by atoms with Crippen LogP contribution in [-0.4, -0.2) is 36.7 Å². The van der Waals surface area contributed by atoms with Gasteiger partial charge in [-0.05, 0) is 20.3 Å². The fourth-order valence-corrected chi connectivity index (χ4v) is 1.21. The molecule has 0 saturated carbocycles. The molecule has 0 aliphatic heterocycles. The number of carbonyl (C=O) groups is 2. The van der Waals surface area contributed by atoms with Crippen molar-refractivity contribution in [2.75, 3.05) is 13.7 Å². The standard InChI is InChI=1S/C11H21NO4/c1-5-6-8(7-16-4)12-9(13)11(2,3)10(14)15/h8H,5-7H2,1-4H3,(H,12,13)(H,14,15). The zero-order valence-corrected chi connectivity index (χ0v) is 10.4. The van der Waals surface area contributed by atoms with Crippen LogP contribution in [0.2, 0.25) is 0 Å². The van der Waals surface area contributed by atoms with Crippen molar-refractivity contribution in [2.24, 2.45) is 5.41 Å². The molecule has 1 unspecified atom stereocenters. The van der Waals surface area contributed by atoms with E-state index in [9.17, 15) is 9.59 Å². The molecule has 0 aliphatic rings. The van der Waals surface area contributed by atoms with E-state index in [1.807, 2.05) is 6.92 Å². The smallest absolute Gasteiger partial charge is 0.318 e. The van der Waals surface area contributed by atoms with Gasteiger partial charge in [0, 0.05) is 7.11 Å². The van der Waals surface area contributed by atoms with Gasteiger partial charge in [0.05, 0.1) is 12.6 Å². The van der Waals surface area contributed by atoms with Crippen molar-refractivity contribution in [2.45, 2.75) is 39.7 Å². The molecular weight excluding hydrogens is 210 g/mol. The molecule has 0 saturated heterocycles. The minimum Gasteiger partial charge on any atom is -0.480 e. The van der Waals surface area contributed by atoms with Crippen LogP contribution in [0.3, 0.4) is 0 Å². The summed E-state index contributed by atoms with van der Waals surface area (Å²) in [5.74, 6) is -1.60. The van der Waals surface area contributed by atoms with E-state index >= 15 is 0 Å². The average molecular weight is 231 g/mol. The third-order valence-electron chi connectivity index (χ3n) is 2.44. The molecule has 0 heterocycles. The van der Waals surface area contributed by atoms with Gasteiger partial charge in [-0.2, -0.15) is 0 Å². The van der Waals surface area contributed by atoms with E-state index in [0.29, 0.717) is 6.61 Å². The predicted octanol–water partition coefficient (Wildman–Crippen LogP) is 1.03. The highest BCUT2D eigenvalue weighted by molar-refractivity contribution is 6.01. The lowest BCUT2D eigenvalue weighted by Gasteiger charge is -2.23. The first-order chi connectivity index (χ1) is 7.36. The molecular formula is C11H21NO4. The van der Waals surface area contributed by atoms with Gasteiger partial charge in [-0.3, -0.25) is 9.59 Å². The van der Waals surface area contributed by atoms with E-state index < -0.39 is 17.3 Å². The molecule has 5 heteroatoms. The molecule has 0 bridgehead atoms. The van der Waals surface area contributed by atoms with Gasteiger partial charge in [0.25, 0.3) is 0 Å². The molecule has 1 atom stereocenters. The van der Waals surface area contributed by atoms with Crippen molar-refractivity contribution in [3.8, 4) is 0 Å². The SMILES string of the molecule is CCCC(COC)NC(=O)C(C)(C)C(=O)O. The minimum absolute atomic E-state index is 0.124. The Morgan fingerprint density at radius 3 is 2.38 bits per heavy atom. The first kappa shape index (κ1) is 14.9. The molecule has 0 radical (unpaired) electrons. The molecule has 0 aromatic rings. The van der Waals surface area contributed by atoms with Gasteiger partial charge in [0.1, 0.15) is 5.41 Å². The number of nitrogens with one attached hydrogen (secondary N) is 1. The number of amides is 1. The number of rotatable bonds is 7. The van der Waals surface area contributed by atoms with E-state index in [0.717, 1.165) is 12.8 Å². The lowest BCUT2D eigenvalue weighted by molar-refractivity contribution is -0.153. The number of ether oxygens (including phenoxy) is 1. The van der Waals surface area contributed by atoms with E-state index in [-0.39, 0.29) is 6.04 Å². The Hall–Kier alpha value is -1.10. The number of hydrogen-bond acceptors (Lipinski definition) is 3. The largest absolute Gasteiger partial charge is 0.480 e. The molecule has 0 rings (SSSR count). The van der Waals surface area contributed by atoms with Crippen molar-refractivity contribution in [1.29, 1.82) is 0 Å². The first-order valence-electron chi connectivity index (χ1n) is 5.39. The normalized spacial score (nSPS) is 13.2. The summed E-state index contributed by atoms with van der Waals surface area (Å²) in [6.45, 7) is 5.17. The maximum Gasteiger partial charge on any atom is 0.318 e. The molecule has 0 spiro atoms. The molecule has 5 nitrogen and oxygen atoms in total. The number of carboxylic acid groups (broad SMARTS) is 1. The van der Waals surface area contributed by atoms with E-state index in [1.165, 1.54) is 13.8 Å². The zero-order valence-electron chi connectivity index (χ0n) is 10.4. The zero-order chi connectivity index (χ0) is 12.8. The highest BCUT2D eigenvalue weighted by Crippen LogP contribution is 2.15. The van der Waals surface area contributed by atoms with Gasteiger partial charge < -0.3 is 15.2 Å². The molecule has 0 fully saturated rings. The second-order valence-corrected chi connectivity index (χ2v) is 4.34. The Balaban J connectivity index is 4.44. The van der Waals surface area contributed by atoms with E-state index in [1.54, 1.807) is 7.11 Å². The highest BCUT2D eigenvalue weighted by atomic mass is 16.5. The van der Waals surface area contributed by atoms with Crippen LogP contribution in [0.15, 0.2) is 0 Å². The van der Waals surface area contributed by atoms with Crippen LogP contribution in [0.5, 0.6) is 0 Å². The number of carboxylic acids is 1. The maximum atomic E-state index is 11.7. The second kappa shape index (κ2) is 6.48. The minimum atomic E-state index is -1.40. The van der Waals surface area contributed by atoms with Crippen molar-refractivity contribution in [3.05, 3.63) is 0 Å². The Labute approximate surface area is 96.2 Å². The Morgan fingerprint density at radius 2 is 2.00 bits per heavy atom. The van der Waals surface area contributed by atoms with Crippen molar-refractivity contribution in [1.82, 2.24) is 5.32 Å². The lowest BCUT2D eigenvalue weighted by atomic mass is 9.92. The molecule has 2 N–H and O–H groups in total. The molecule has 0 aromatic heterocycles. The van der Waals surface area contributed by atoms with Crippen LogP contribution in [0.1, 0.15) is 33.6 Å². The number of carbonyl (C=O) groups excluding carboxylic acids is 1. The second-order valence-electron chi connectivity index (χ2n) is 4.34. The van der Waals surface area contributed by atoms with Gasteiger partial charge in [0.2, 0.25) is 5.91 Å². The Bertz CT molecular complexity index is 244. The topological polar surface area (TPSA) is 75.6 Å². The fraction of sp³-hybridized carbons (Fsp3) is 0.818. The van der Waals surface area contributed by atoms with Gasteiger partial charge >= 0.3 is 5.97 Å². The van der Waals surface area contributed by atoms with E-state index in [2.05, 4.69) is 5.32 Å². The van der Waals surface area contributed by atoms with Crippen molar-refractivity contribution >= 4 is 11.9 Å². The Kier molecular flexibility index (Phi) is 6.03. The maximum absolute atomic E-state index is 11.7.